The van der Waals surface area contributed by atoms with Crippen LogP contribution in [-0.4, -0.2) is 44.9 Å². The van der Waals surface area contributed by atoms with E-state index in [4.69, 9.17) is 21.4 Å². The van der Waals surface area contributed by atoms with Crippen molar-refractivity contribution in [2.75, 3.05) is 13.1 Å². The number of benzene rings is 1. The van der Waals surface area contributed by atoms with E-state index in [9.17, 15) is 4.79 Å². The molecule has 1 aromatic carbocycles. The van der Waals surface area contributed by atoms with Gasteiger partial charge in [0.2, 0.25) is 0 Å². The third-order valence-corrected chi connectivity index (χ3v) is 4.68. The molecule has 7 heteroatoms. The van der Waals surface area contributed by atoms with Crippen molar-refractivity contribution < 1.29 is 14.6 Å². The summed E-state index contributed by atoms with van der Waals surface area (Å²) in [6.07, 6.45) is -0.930. The Morgan fingerprint density at radius 3 is 2.68 bits per heavy atom. The van der Waals surface area contributed by atoms with E-state index in [1.54, 1.807) is 6.07 Å². The summed E-state index contributed by atoms with van der Waals surface area (Å²) >= 11 is 6.22. The van der Waals surface area contributed by atoms with Crippen molar-refractivity contribution in [3.8, 4) is 5.75 Å². The lowest BCUT2D eigenvalue weighted by atomic mass is 10.1. The quantitative estimate of drug-likeness (QED) is 0.854. The fourth-order valence-corrected chi connectivity index (χ4v) is 3.33. The zero-order valence-electron chi connectivity index (χ0n) is 14.6. The third-order valence-electron chi connectivity index (χ3n) is 4.38. The number of nitrogens with zero attached hydrogens (tertiary/aromatic N) is 3. The molecule has 0 bridgehead atoms. The summed E-state index contributed by atoms with van der Waals surface area (Å²) in [6.45, 7) is 8.27. The molecular weight excluding hydrogens is 342 g/mol. The highest BCUT2D eigenvalue weighted by molar-refractivity contribution is 6.32. The second-order valence-corrected chi connectivity index (χ2v) is 6.99. The highest BCUT2D eigenvalue weighted by atomic mass is 35.5. The van der Waals surface area contributed by atoms with E-state index in [1.165, 1.54) is 12.6 Å². The fourth-order valence-electron chi connectivity index (χ4n) is 3.08. The molecule has 2 heterocycles. The molecule has 0 spiro atoms. The molecule has 0 unspecified atom stereocenters. The Bertz CT molecular complexity index is 784. The summed E-state index contributed by atoms with van der Waals surface area (Å²) in [5.41, 5.74) is 3.32. The van der Waals surface area contributed by atoms with Crippen LogP contribution in [0.25, 0.3) is 0 Å². The van der Waals surface area contributed by atoms with Crippen LogP contribution in [0.4, 0.5) is 0 Å². The number of aromatic nitrogens is 2. The van der Waals surface area contributed by atoms with Crippen LogP contribution in [0.15, 0.2) is 24.3 Å². The minimum atomic E-state index is -1.02. The molecule has 25 heavy (non-hydrogen) atoms. The van der Waals surface area contributed by atoms with Crippen molar-refractivity contribution in [2.24, 2.45) is 0 Å². The lowest BCUT2D eigenvalue weighted by Gasteiger charge is -2.39. The van der Waals surface area contributed by atoms with Gasteiger partial charge in [-0.2, -0.15) is 5.10 Å². The van der Waals surface area contributed by atoms with Crippen molar-refractivity contribution in [2.45, 2.75) is 39.5 Å². The van der Waals surface area contributed by atoms with Crippen LogP contribution in [-0.2, 0) is 11.3 Å². The second-order valence-electron chi connectivity index (χ2n) is 6.58. The molecule has 1 aliphatic heterocycles. The SMILES string of the molecule is Cc1cc(C)n(C2CN(Cc3ccc(O[C@H](C)C(=O)O)c(Cl)c3)C2)n1. The molecule has 0 radical (unpaired) electrons. The highest BCUT2D eigenvalue weighted by Crippen LogP contribution is 2.29. The van der Waals surface area contributed by atoms with Gasteiger partial charge >= 0.3 is 5.97 Å². The number of rotatable bonds is 6. The maximum atomic E-state index is 10.9. The Labute approximate surface area is 152 Å². The average Bonchev–Trinajstić information content (AvgIpc) is 2.83. The molecule has 1 N–H and O–H groups in total. The number of likely N-dealkylation sites (tertiary alicyclic amines) is 1. The molecule has 3 rings (SSSR count). The number of aryl methyl sites for hydroxylation is 2. The molecule has 1 aliphatic rings. The number of hydrogen-bond donors (Lipinski definition) is 1. The van der Waals surface area contributed by atoms with Crippen LogP contribution in [0.1, 0.15) is 29.9 Å². The highest BCUT2D eigenvalue weighted by Gasteiger charge is 2.29. The summed E-state index contributed by atoms with van der Waals surface area (Å²) in [5, 5.41) is 13.9. The topological polar surface area (TPSA) is 67.6 Å². The summed E-state index contributed by atoms with van der Waals surface area (Å²) in [7, 11) is 0. The van der Waals surface area contributed by atoms with Gasteiger partial charge in [-0.15, -0.1) is 0 Å². The first-order valence-corrected chi connectivity index (χ1v) is 8.64. The zero-order valence-corrected chi connectivity index (χ0v) is 15.3. The number of ether oxygens (including phenoxy) is 1. The predicted octanol–water partition coefficient (Wildman–Crippen LogP) is 3.06. The van der Waals surface area contributed by atoms with Crippen LogP contribution >= 0.6 is 11.6 Å². The molecule has 2 aromatic rings. The van der Waals surface area contributed by atoms with Crippen LogP contribution < -0.4 is 4.74 Å². The monoisotopic (exact) mass is 363 g/mol. The number of aliphatic carboxylic acids is 1. The van der Waals surface area contributed by atoms with Gasteiger partial charge in [0.05, 0.1) is 16.8 Å². The van der Waals surface area contributed by atoms with Gasteiger partial charge < -0.3 is 9.84 Å². The number of hydrogen-bond acceptors (Lipinski definition) is 4. The maximum Gasteiger partial charge on any atom is 0.344 e. The van der Waals surface area contributed by atoms with Crippen LogP contribution in [0.3, 0.4) is 0 Å². The number of carboxylic acids is 1. The van der Waals surface area contributed by atoms with E-state index in [2.05, 4.69) is 27.7 Å². The smallest absolute Gasteiger partial charge is 0.344 e. The van der Waals surface area contributed by atoms with E-state index >= 15 is 0 Å². The standard InChI is InChI=1S/C18H22ClN3O3/c1-11-6-12(2)22(20-11)15-9-21(10-15)8-14-4-5-17(16(19)7-14)25-13(3)18(23)24/h4-7,13,15H,8-10H2,1-3H3,(H,23,24)/t13-/m1/s1. The summed E-state index contributed by atoms with van der Waals surface area (Å²) < 4.78 is 7.44. The van der Waals surface area contributed by atoms with Crippen molar-refractivity contribution in [3.05, 3.63) is 46.2 Å². The van der Waals surface area contributed by atoms with E-state index < -0.39 is 12.1 Å². The van der Waals surface area contributed by atoms with E-state index in [0.29, 0.717) is 16.8 Å². The molecule has 0 saturated carbocycles. The van der Waals surface area contributed by atoms with Gasteiger partial charge in [-0.1, -0.05) is 17.7 Å². The molecule has 1 saturated heterocycles. The van der Waals surface area contributed by atoms with Crippen molar-refractivity contribution in [3.63, 3.8) is 0 Å². The van der Waals surface area contributed by atoms with Gasteiger partial charge in [-0.25, -0.2) is 4.79 Å². The van der Waals surface area contributed by atoms with Gasteiger partial charge in [0.15, 0.2) is 6.10 Å². The zero-order chi connectivity index (χ0) is 18.1. The van der Waals surface area contributed by atoms with Crippen LogP contribution in [0.5, 0.6) is 5.75 Å². The molecule has 0 aliphatic carbocycles. The van der Waals surface area contributed by atoms with E-state index in [1.807, 2.05) is 19.1 Å². The Kier molecular flexibility index (Phi) is 5.01. The fraction of sp³-hybridized carbons (Fsp3) is 0.444. The van der Waals surface area contributed by atoms with Gasteiger partial charge in [0.1, 0.15) is 5.75 Å². The first kappa shape index (κ1) is 17.8. The van der Waals surface area contributed by atoms with Crippen LogP contribution in [0, 0.1) is 13.8 Å². The Morgan fingerprint density at radius 1 is 1.40 bits per heavy atom. The molecule has 134 valence electrons. The molecule has 1 atom stereocenters. The molecule has 6 nitrogen and oxygen atoms in total. The molecule has 1 fully saturated rings. The van der Waals surface area contributed by atoms with Crippen LogP contribution in [0.2, 0.25) is 5.02 Å². The lowest BCUT2D eigenvalue weighted by molar-refractivity contribution is -0.144. The summed E-state index contributed by atoms with van der Waals surface area (Å²) in [4.78, 5) is 13.2. The van der Waals surface area contributed by atoms with Gasteiger partial charge in [0, 0.05) is 25.3 Å². The summed E-state index contributed by atoms with van der Waals surface area (Å²) in [5.74, 6) is -0.625. The number of carboxylic acid groups (broad SMARTS) is 1. The number of carbonyl (C=O) groups is 1. The minimum Gasteiger partial charge on any atom is -0.479 e. The van der Waals surface area contributed by atoms with Gasteiger partial charge in [-0.05, 0) is 44.5 Å². The second kappa shape index (κ2) is 7.06. The number of halogens is 1. The van der Waals surface area contributed by atoms with Crippen molar-refractivity contribution in [1.29, 1.82) is 0 Å². The average molecular weight is 364 g/mol. The Hall–Kier alpha value is -2.05. The predicted molar refractivity (Wildman–Crippen MR) is 95.2 cm³/mol. The Morgan fingerprint density at radius 2 is 2.12 bits per heavy atom. The minimum absolute atomic E-state index is 0.393. The third kappa shape index (κ3) is 3.96. The normalized spacial score (nSPS) is 16.5. The largest absolute Gasteiger partial charge is 0.479 e. The summed E-state index contributed by atoms with van der Waals surface area (Å²) in [6, 6.07) is 8.01. The van der Waals surface area contributed by atoms with E-state index in [0.717, 1.165) is 30.9 Å². The molecule has 1 aromatic heterocycles. The molecule has 0 amide bonds. The van der Waals surface area contributed by atoms with Crippen molar-refractivity contribution in [1.82, 2.24) is 14.7 Å². The maximum absolute atomic E-state index is 10.9. The van der Waals surface area contributed by atoms with Crippen molar-refractivity contribution >= 4 is 17.6 Å². The lowest BCUT2D eigenvalue weighted by Crippen LogP contribution is -2.47. The first-order valence-electron chi connectivity index (χ1n) is 8.26. The molecular formula is C18H22ClN3O3. The van der Waals surface area contributed by atoms with Gasteiger partial charge in [-0.3, -0.25) is 9.58 Å². The Balaban J connectivity index is 1.57. The van der Waals surface area contributed by atoms with Gasteiger partial charge in [0.25, 0.3) is 0 Å². The first-order chi connectivity index (χ1) is 11.8. The van der Waals surface area contributed by atoms with E-state index in [-0.39, 0.29) is 0 Å².